The number of carbonyl (C=O) groups is 1. The van der Waals surface area contributed by atoms with E-state index in [0.717, 1.165) is 62.8 Å². The average Bonchev–Trinajstić information content (AvgIpc) is 3.49. The van der Waals surface area contributed by atoms with Gasteiger partial charge in [0.2, 0.25) is 11.9 Å². The molecule has 4 aliphatic rings. The number of hydrogen-bond donors (Lipinski definition) is 0. The number of para-hydroxylation sites is 1. The Bertz CT molecular complexity index is 1390. The minimum atomic E-state index is -0.206. The molecule has 4 atom stereocenters. The fourth-order valence-electron chi connectivity index (χ4n) is 7.56. The Labute approximate surface area is 255 Å². The Morgan fingerprint density at radius 2 is 1.98 bits per heavy atom. The zero-order valence-electron chi connectivity index (χ0n) is 25.8. The number of carbonyl (C=O) groups excluding carboxylic acids is 1. The van der Waals surface area contributed by atoms with Crippen molar-refractivity contribution >= 4 is 23.4 Å². The van der Waals surface area contributed by atoms with Crippen molar-refractivity contribution < 1.29 is 9.53 Å². The highest BCUT2D eigenvalue weighted by Crippen LogP contribution is 2.37. The van der Waals surface area contributed by atoms with E-state index in [4.69, 9.17) is 14.7 Å². The maximum absolute atomic E-state index is 12.6. The largest absolute Gasteiger partial charge is 0.378 e. The molecule has 0 saturated carbocycles. The quantitative estimate of drug-likeness (QED) is 0.456. The number of aromatic nitrogens is 2. The van der Waals surface area contributed by atoms with Gasteiger partial charge in [-0.2, -0.15) is 10.2 Å². The minimum absolute atomic E-state index is 0.0733. The van der Waals surface area contributed by atoms with Gasteiger partial charge in [0, 0.05) is 70.1 Å². The molecule has 1 aromatic heterocycles. The molecule has 1 amide bonds. The molecule has 0 spiro atoms. The summed E-state index contributed by atoms with van der Waals surface area (Å²) in [7, 11) is 5.98. The number of benzene rings is 1. The molecule has 0 N–H and O–H groups in total. The van der Waals surface area contributed by atoms with Crippen LogP contribution in [0.25, 0.3) is 0 Å². The Kier molecular flexibility index (Phi) is 8.55. The van der Waals surface area contributed by atoms with Crippen LogP contribution in [0.5, 0.6) is 0 Å². The van der Waals surface area contributed by atoms with Crippen LogP contribution in [0.15, 0.2) is 36.9 Å². The molecule has 3 aliphatic heterocycles. The Balaban J connectivity index is 1.35. The number of nitriles is 1. The Morgan fingerprint density at radius 3 is 2.72 bits per heavy atom. The van der Waals surface area contributed by atoms with Crippen molar-refractivity contribution in [1.82, 2.24) is 19.8 Å². The van der Waals surface area contributed by atoms with Gasteiger partial charge in [0.05, 0.1) is 36.4 Å². The number of fused-ring (bicyclic) bond motifs is 2. The van der Waals surface area contributed by atoms with Crippen molar-refractivity contribution in [3.05, 3.63) is 53.7 Å². The summed E-state index contributed by atoms with van der Waals surface area (Å²) in [5.41, 5.74) is 5.16. The van der Waals surface area contributed by atoms with E-state index in [2.05, 4.69) is 70.6 Å². The van der Waals surface area contributed by atoms with Crippen molar-refractivity contribution in [1.29, 1.82) is 5.26 Å². The van der Waals surface area contributed by atoms with Gasteiger partial charge >= 0.3 is 0 Å². The highest BCUT2D eigenvalue weighted by Gasteiger charge is 2.39. The monoisotopic (exact) mass is 584 g/mol. The summed E-state index contributed by atoms with van der Waals surface area (Å²) in [5, 5.41) is 9.58. The van der Waals surface area contributed by atoms with Crippen molar-refractivity contribution in [2.45, 2.75) is 62.8 Å². The lowest BCUT2D eigenvalue weighted by Crippen LogP contribution is -2.55. The van der Waals surface area contributed by atoms with Gasteiger partial charge in [-0.3, -0.25) is 4.79 Å². The van der Waals surface area contributed by atoms with E-state index in [9.17, 15) is 10.1 Å². The van der Waals surface area contributed by atoms with Gasteiger partial charge in [-0.1, -0.05) is 24.8 Å². The number of rotatable bonds is 7. The minimum Gasteiger partial charge on any atom is -0.378 e. The predicted molar refractivity (Wildman–Crippen MR) is 169 cm³/mol. The normalized spacial score (nSPS) is 25.4. The van der Waals surface area contributed by atoms with Crippen LogP contribution in [0.1, 0.15) is 36.1 Å². The molecule has 228 valence electrons. The predicted octanol–water partition coefficient (Wildman–Crippen LogP) is 2.67. The number of amides is 1. The van der Waals surface area contributed by atoms with Crippen LogP contribution in [-0.4, -0.2) is 110 Å². The lowest BCUT2D eigenvalue weighted by Gasteiger charge is -2.43. The highest BCUT2D eigenvalue weighted by atomic mass is 16.5. The number of methoxy groups -OCH3 is 1. The van der Waals surface area contributed by atoms with Gasteiger partial charge in [0.15, 0.2) is 0 Å². The first-order valence-electron chi connectivity index (χ1n) is 15.6. The fourth-order valence-corrected chi connectivity index (χ4v) is 7.56. The van der Waals surface area contributed by atoms with Gasteiger partial charge < -0.3 is 29.2 Å². The standard InChI is InChI=1S/C33H44N8O2/c1-5-31(42)41-18-17-38(20-25(41)14-15-34)32-26-13-12-24(40-16-8-10-23-9-6-7-11-28(23)40)19-27(26)35-33(36-32)39-21-29(37(2)3)30(22-39)43-4/h5-7,9,11,24-25,29-30H,1,8,10,12-14,16-22H2,2-4H3. The third-order valence-electron chi connectivity index (χ3n) is 9.86. The number of likely N-dealkylation sites (N-methyl/N-ethyl adjacent to an activating group) is 1. The van der Waals surface area contributed by atoms with Crippen LogP contribution in [0.2, 0.25) is 0 Å². The lowest BCUT2D eigenvalue weighted by molar-refractivity contribution is -0.128. The van der Waals surface area contributed by atoms with Crippen LogP contribution in [-0.2, 0) is 28.8 Å². The number of ether oxygens (including phenoxy) is 1. The van der Waals surface area contributed by atoms with Crippen LogP contribution in [0, 0.1) is 11.3 Å². The van der Waals surface area contributed by atoms with Crippen LogP contribution >= 0.6 is 0 Å². The molecule has 2 fully saturated rings. The number of aryl methyl sites for hydroxylation is 1. The molecule has 10 nitrogen and oxygen atoms in total. The third-order valence-corrected chi connectivity index (χ3v) is 9.86. The zero-order valence-corrected chi connectivity index (χ0v) is 25.8. The molecule has 2 aromatic rings. The maximum Gasteiger partial charge on any atom is 0.246 e. The molecular formula is C33H44N8O2. The molecule has 0 bridgehead atoms. The van der Waals surface area contributed by atoms with Gasteiger partial charge in [-0.25, -0.2) is 4.98 Å². The summed E-state index contributed by atoms with van der Waals surface area (Å²) in [5.74, 6) is 1.60. The topological polar surface area (TPSA) is 92.1 Å². The van der Waals surface area contributed by atoms with Crippen molar-refractivity contribution in [3.63, 3.8) is 0 Å². The van der Waals surface area contributed by atoms with Crippen LogP contribution < -0.4 is 14.7 Å². The van der Waals surface area contributed by atoms with Gasteiger partial charge in [0.25, 0.3) is 0 Å². The highest BCUT2D eigenvalue weighted by molar-refractivity contribution is 5.87. The number of nitrogens with zero attached hydrogens (tertiary/aromatic N) is 8. The third kappa shape index (κ3) is 5.68. The average molecular weight is 585 g/mol. The summed E-state index contributed by atoms with van der Waals surface area (Å²) in [6, 6.07) is 11.6. The van der Waals surface area contributed by atoms with Gasteiger partial charge in [-0.15, -0.1) is 0 Å². The second-order valence-electron chi connectivity index (χ2n) is 12.5. The first kappa shape index (κ1) is 29.4. The van der Waals surface area contributed by atoms with E-state index in [0.29, 0.717) is 25.7 Å². The van der Waals surface area contributed by atoms with E-state index < -0.39 is 0 Å². The number of hydrogen-bond acceptors (Lipinski definition) is 9. The zero-order chi connectivity index (χ0) is 30.1. The lowest BCUT2D eigenvalue weighted by atomic mass is 9.88. The van der Waals surface area contributed by atoms with Crippen LogP contribution in [0.4, 0.5) is 17.5 Å². The molecule has 1 aliphatic carbocycles. The molecule has 4 unspecified atom stereocenters. The second-order valence-corrected chi connectivity index (χ2v) is 12.5. The maximum atomic E-state index is 12.6. The second kappa shape index (κ2) is 12.5. The Hall–Kier alpha value is -3.68. The van der Waals surface area contributed by atoms with E-state index in [1.54, 1.807) is 12.0 Å². The summed E-state index contributed by atoms with van der Waals surface area (Å²) < 4.78 is 5.88. The summed E-state index contributed by atoms with van der Waals surface area (Å²) in [6.07, 6.45) is 6.84. The smallest absolute Gasteiger partial charge is 0.246 e. The van der Waals surface area contributed by atoms with Crippen LogP contribution in [0.3, 0.4) is 0 Å². The first-order chi connectivity index (χ1) is 20.9. The van der Waals surface area contributed by atoms with Gasteiger partial charge in [0.1, 0.15) is 5.82 Å². The Morgan fingerprint density at radius 1 is 1.14 bits per heavy atom. The molecule has 6 rings (SSSR count). The fraction of sp³-hybridized carbons (Fsp3) is 0.576. The SMILES string of the molecule is C=CC(=O)N1CCN(c2nc(N3CC(OC)C(N(C)C)C3)nc3c2CCC(N2CCCc4ccccc42)C3)CC1CC#N. The van der Waals surface area contributed by atoms with Crippen molar-refractivity contribution in [2.75, 3.05) is 75.2 Å². The molecular weight excluding hydrogens is 540 g/mol. The van der Waals surface area contributed by atoms with E-state index in [1.165, 1.54) is 29.3 Å². The summed E-state index contributed by atoms with van der Waals surface area (Å²) in [6.45, 7) is 8.05. The van der Waals surface area contributed by atoms with Gasteiger partial charge in [-0.05, 0) is 57.5 Å². The van der Waals surface area contributed by atoms with E-state index in [-0.39, 0.29) is 30.5 Å². The summed E-state index contributed by atoms with van der Waals surface area (Å²) in [4.78, 5) is 34.3. The number of piperazine rings is 1. The molecule has 4 heterocycles. The van der Waals surface area contributed by atoms with E-state index >= 15 is 0 Å². The van der Waals surface area contributed by atoms with E-state index in [1.807, 2.05) is 0 Å². The molecule has 43 heavy (non-hydrogen) atoms. The summed E-state index contributed by atoms with van der Waals surface area (Å²) >= 11 is 0. The molecule has 10 heteroatoms. The molecule has 2 saturated heterocycles. The van der Waals surface area contributed by atoms with Crippen molar-refractivity contribution in [3.8, 4) is 6.07 Å². The first-order valence-corrected chi connectivity index (χ1v) is 15.6. The van der Waals surface area contributed by atoms with Crippen molar-refractivity contribution in [2.24, 2.45) is 0 Å². The molecule has 1 aromatic carbocycles. The molecule has 0 radical (unpaired) electrons. The number of anilines is 3.